The van der Waals surface area contributed by atoms with E-state index in [2.05, 4.69) is 11.8 Å². The second-order valence-corrected chi connectivity index (χ2v) is 6.70. The van der Waals surface area contributed by atoms with Gasteiger partial charge in [-0.25, -0.2) is 0 Å². The Labute approximate surface area is 122 Å². The van der Waals surface area contributed by atoms with Gasteiger partial charge in [-0.3, -0.25) is 4.79 Å². The minimum atomic E-state index is -0.121. The lowest BCUT2D eigenvalue weighted by atomic mass is 10.2. The second kappa shape index (κ2) is 6.99. The number of hydrogen-bond donors (Lipinski definition) is 1. The van der Waals surface area contributed by atoms with E-state index < -0.39 is 0 Å². The summed E-state index contributed by atoms with van der Waals surface area (Å²) in [6.45, 7) is 0.512. The first-order valence-electron chi connectivity index (χ1n) is 6.24. The molecule has 102 valence electrons. The molecule has 1 amide bonds. The molecule has 2 rings (SSSR count). The molecule has 0 spiro atoms. The summed E-state index contributed by atoms with van der Waals surface area (Å²) in [6.07, 6.45) is 2.15. The average molecular weight is 295 g/mol. The second-order valence-electron chi connectivity index (χ2n) is 4.48. The number of rotatable bonds is 3. The summed E-state index contributed by atoms with van der Waals surface area (Å²) in [5.41, 5.74) is 1.10. The first-order valence-corrected chi connectivity index (χ1v) is 8.17. The predicted molar refractivity (Wildman–Crippen MR) is 80.2 cm³/mol. The molecule has 0 radical (unpaired) electrons. The molecular weight excluding hydrogens is 278 g/mol. The van der Waals surface area contributed by atoms with E-state index in [1.165, 1.54) is 0 Å². The topological polar surface area (TPSA) is 40.5 Å². The van der Waals surface area contributed by atoms with E-state index >= 15 is 0 Å². The van der Waals surface area contributed by atoms with Crippen LogP contribution in [0.2, 0.25) is 0 Å². The molecule has 1 aliphatic rings. The number of carbonyl (C=O) groups is 1. The number of carbonyl (C=O) groups excluding carboxylic acids is 1. The Morgan fingerprint density at radius 3 is 3.16 bits per heavy atom. The molecule has 19 heavy (non-hydrogen) atoms. The van der Waals surface area contributed by atoms with Crippen molar-refractivity contribution in [2.45, 2.75) is 24.6 Å². The summed E-state index contributed by atoms with van der Waals surface area (Å²) in [5, 5.41) is 10.8. The highest BCUT2D eigenvalue weighted by Crippen LogP contribution is 2.28. The van der Waals surface area contributed by atoms with E-state index in [0.29, 0.717) is 6.54 Å². The number of nitrogens with zero attached hydrogens (tertiary/aromatic N) is 1. The minimum Gasteiger partial charge on any atom is -0.384 e. The standard InChI is InChI=1S/C14H17NO2S2/c1-15(14(17)13-5-3-7-18-13)9-11-8-12(19-10-11)4-2-6-16/h8,10,13,16H,3,5-7,9H2,1H3. The number of aliphatic hydroxyl groups excluding tert-OH is 1. The Morgan fingerprint density at radius 2 is 2.47 bits per heavy atom. The predicted octanol–water partition coefficient (Wildman–Crippen LogP) is 1.95. The van der Waals surface area contributed by atoms with E-state index in [1.807, 2.05) is 18.5 Å². The van der Waals surface area contributed by atoms with Gasteiger partial charge in [0.1, 0.15) is 6.61 Å². The number of thiophene rings is 1. The number of hydrogen-bond acceptors (Lipinski definition) is 4. The highest BCUT2D eigenvalue weighted by molar-refractivity contribution is 8.00. The summed E-state index contributed by atoms with van der Waals surface area (Å²) >= 11 is 3.31. The van der Waals surface area contributed by atoms with E-state index in [-0.39, 0.29) is 17.8 Å². The molecule has 1 aromatic heterocycles. The summed E-state index contributed by atoms with van der Waals surface area (Å²) in [4.78, 5) is 14.9. The molecule has 1 fully saturated rings. The molecule has 2 heterocycles. The van der Waals surface area contributed by atoms with Crippen LogP contribution in [0.3, 0.4) is 0 Å². The monoisotopic (exact) mass is 295 g/mol. The molecule has 5 heteroatoms. The molecule has 1 atom stereocenters. The van der Waals surface area contributed by atoms with Crippen molar-refractivity contribution in [2.24, 2.45) is 0 Å². The third-order valence-electron chi connectivity index (χ3n) is 2.95. The summed E-state index contributed by atoms with van der Waals surface area (Å²) in [5.74, 6) is 6.85. The van der Waals surface area contributed by atoms with E-state index in [9.17, 15) is 4.79 Å². The Morgan fingerprint density at radius 1 is 1.63 bits per heavy atom. The zero-order valence-electron chi connectivity index (χ0n) is 10.9. The quantitative estimate of drug-likeness (QED) is 0.867. The van der Waals surface area contributed by atoms with Crippen LogP contribution in [-0.2, 0) is 11.3 Å². The highest BCUT2D eigenvalue weighted by Gasteiger charge is 2.26. The molecule has 0 aliphatic carbocycles. The molecule has 1 unspecified atom stereocenters. The first-order chi connectivity index (χ1) is 9.20. The molecule has 0 aromatic carbocycles. The van der Waals surface area contributed by atoms with Crippen LogP contribution >= 0.6 is 23.1 Å². The lowest BCUT2D eigenvalue weighted by molar-refractivity contribution is -0.129. The Kier molecular flexibility index (Phi) is 5.32. The van der Waals surface area contributed by atoms with Gasteiger partial charge in [-0.15, -0.1) is 23.1 Å². The Hall–Kier alpha value is -0.960. The Balaban J connectivity index is 1.92. The van der Waals surface area contributed by atoms with Crippen molar-refractivity contribution in [3.05, 3.63) is 21.9 Å². The average Bonchev–Trinajstić information content (AvgIpc) is 3.06. The molecule has 1 aliphatic heterocycles. The summed E-state index contributed by atoms with van der Waals surface area (Å²) < 4.78 is 0. The summed E-state index contributed by atoms with van der Waals surface area (Å²) in [6, 6.07) is 1.99. The lowest BCUT2D eigenvalue weighted by Gasteiger charge is -2.19. The third kappa shape index (κ3) is 4.00. The van der Waals surface area contributed by atoms with Crippen molar-refractivity contribution < 1.29 is 9.90 Å². The van der Waals surface area contributed by atoms with Crippen LogP contribution in [0.4, 0.5) is 0 Å². The van der Waals surface area contributed by atoms with Gasteiger partial charge in [0.25, 0.3) is 0 Å². The molecule has 1 aromatic rings. The minimum absolute atomic E-state index is 0.121. The van der Waals surface area contributed by atoms with Crippen LogP contribution in [0, 0.1) is 11.8 Å². The van der Waals surface area contributed by atoms with Crippen LogP contribution in [0.1, 0.15) is 23.3 Å². The maximum Gasteiger partial charge on any atom is 0.235 e. The number of thioether (sulfide) groups is 1. The zero-order valence-corrected chi connectivity index (χ0v) is 12.5. The molecule has 1 saturated heterocycles. The van der Waals surface area contributed by atoms with Crippen molar-refractivity contribution in [1.29, 1.82) is 0 Å². The van der Waals surface area contributed by atoms with Crippen molar-refractivity contribution in [3.63, 3.8) is 0 Å². The van der Waals surface area contributed by atoms with Crippen LogP contribution in [-0.4, -0.2) is 40.6 Å². The Bertz CT molecular complexity index is 495. The smallest absolute Gasteiger partial charge is 0.235 e. The fourth-order valence-electron chi connectivity index (χ4n) is 2.02. The molecule has 1 N–H and O–H groups in total. The van der Waals surface area contributed by atoms with Gasteiger partial charge in [-0.2, -0.15) is 0 Å². The molecule has 3 nitrogen and oxygen atoms in total. The van der Waals surface area contributed by atoms with Gasteiger partial charge in [0.15, 0.2) is 0 Å². The highest BCUT2D eigenvalue weighted by atomic mass is 32.2. The van der Waals surface area contributed by atoms with Gasteiger partial charge in [-0.1, -0.05) is 11.8 Å². The van der Waals surface area contributed by atoms with Gasteiger partial charge in [0.05, 0.1) is 10.1 Å². The van der Waals surface area contributed by atoms with Crippen molar-refractivity contribution in [3.8, 4) is 11.8 Å². The molecular formula is C14H17NO2S2. The fraction of sp³-hybridized carbons (Fsp3) is 0.500. The maximum absolute atomic E-state index is 12.2. The third-order valence-corrected chi connectivity index (χ3v) is 5.20. The number of aliphatic hydroxyl groups is 1. The maximum atomic E-state index is 12.2. The van der Waals surface area contributed by atoms with Crippen molar-refractivity contribution >= 4 is 29.0 Å². The van der Waals surface area contributed by atoms with Gasteiger partial charge in [0, 0.05) is 13.6 Å². The van der Waals surface area contributed by atoms with Gasteiger partial charge < -0.3 is 10.0 Å². The van der Waals surface area contributed by atoms with E-state index in [4.69, 9.17) is 5.11 Å². The van der Waals surface area contributed by atoms with Crippen molar-refractivity contribution in [2.75, 3.05) is 19.4 Å². The fourth-order valence-corrected chi connectivity index (χ4v) is 4.07. The molecule has 0 bridgehead atoms. The summed E-state index contributed by atoms with van der Waals surface area (Å²) in [7, 11) is 1.86. The van der Waals surface area contributed by atoms with Crippen molar-refractivity contribution in [1.82, 2.24) is 4.90 Å². The lowest BCUT2D eigenvalue weighted by Crippen LogP contribution is -2.32. The van der Waals surface area contributed by atoms with Crippen LogP contribution in [0.15, 0.2) is 11.4 Å². The van der Waals surface area contributed by atoms with Crippen LogP contribution in [0.25, 0.3) is 0 Å². The first kappa shape index (κ1) is 14.4. The zero-order chi connectivity index (χ0) is 13.7. The van der Waals surface area contributed by atoms with Crippen LogP contribution in [0.5, 0.6) is 0 Å². The van der Waals surface area contributed by atoms with E-state index in [0.717, 1.165) is 29.0 Å². The van der Waals surface area contributed by atoms with Crippen LogP contribution < -0.4 is 0 Å². The SMILES string of the molecule is CN(Cc1csc(C#CCO)c1)C(=O)C1CCCS1. The van der Waals surface area contributed by atoms with Gasteiger partial charge in [0.2, 0.25) is 5.91 Å². The van der Waals surface area contributed by atoms with Gasteiger partial charge >= 0.3 is 0 Å². The number of amides is 1. The largest absolute Gasteiger partial charge is 0.384 e. The normalized spacial score (nSPS) is 17.9. The molecule has 0 saturated carbocycles. The van der Waals surface area contributed by atoms with E-state index in [1.54, 1.807) is 28.0 Å². The van der Waals surface area contributed by atoms with Gasteiger partial charge in [-0.05, 0) is 35.6 Å².